The number of hydrogen-bond acceptors (Lipinski definition) is 2. The summed E-state index contributed by atoms with van der Waals surface area (Å²) in [6.45, 7) is 3.99. The first-order chi connectivity index (χ1) is 10.1. The number of halogens is 2. The van der Waals surface area contributed by atoms with E-state index in [-0.39, 0.29) is 24.0 Å². The molecule has 0 atom stereocenters. The van der Waals surface area contributed by atoms with E-state index in [2.05, 4.69) is 31.9 Å². The van der Waals surface area contributed by atoms with Gasteiger partial charge in [0.2, 0.25) is 6.33 Å². The van der Waals surface area contributed by atoms with Gasteiger partial charge in [-0.1, -0.05) is 12.4 Å². The number of rotatable bonds is 2. The second-order valence-electron chi connectivity index (χ2n) is 4.52. The minimum absolute atomic E-state index is 0. The van der Waals surface area contributed by atoms with Crippen LogP contribution in [-0.2, 0) is 25.8 Å². The Morgan fingerprint density at radius 3 is 2.45 bits per heavy atom. The predicted molar refractivity (Wildman–Crippen MR) is 74.9 cm³/mol. The molecule has 0 amide bonds. The summed E-state index contributed by atoms with van der Waals surface area (Å²) < 4.78 is 5.54. The van der Waals surface area contributed by atoms with E-state index in [1.165, 1.54) is 0 Å². The SMILES string of the molecule is Cc1cc(C)n(-c2[c-]c(-n3[c-][n+](C)cc3)cnc2)n1.[Cl][Pt].[I-]. The number of hydrogen-bond donors (Lipinski definition) is 0. The number of aryl methyl sites for hydroxylation is 3. The van der Waals surface area contributed by atoms with Crippen molar-refractivity contribution in [2.45, 2.75) is 13.8 Å². The Hall–Kier alpha value is -0.722. The molecule has 3 aromatic heterocycles. The van der Waals surface area contributed by atoms with Crippen molar-refractivity contribution in [3.63, 3.8) is 0 Å². The van der Waals surface area contributed by atoms with Gasteiger partial charge in [0.05, 0.1) is 12.7 Å². The van der Waals surface area contributed by atoms with E-state index in [9.17, 15) is 0 Å². The molecule has 0 radical (unpaired) electrons. The summed E-state index contributed by atoms with van der Waals surface area (Å²) in [5.74, 6) is 0. The molecule has 121 valence electrons. The minimum atomic E-state index is 0. The van der Waals surface area contributed by atoms with Gasteiger partial charge >= 0.3 is 28.2 Å². The van der Waals surface area contributed by atoms with E-state index in [1.807, 2.05) is 53.2 Å². The summed E-state index contributed by atoms with van der Waals surface area (Å²) in [6, 6.07) is 5.33. The maximum absolute atomic E-state index is 4.61. The maximum atomic E-state index is 4.61. The molecule has 0 saturated heterocycles. The van der Waals surface area contributed by atoms with Crippen LogP contribution >= 0.6 is 9.42 Å². The molecule has 0 saturated carbocycles. The zero-order valence-corrected chi connectivity index (χ0v) is 17.4. The Labute approximate surface area is 162 Å². The Kier molecular flexibility index (Phi) is 7.72. The maximum Gasteiger partial charge on any atom is -1.00 e. The van der Waals surface area contributed by atoms with Gasteiger partial charge in [0.1, 0.15) is 0 Å². The van der Waals surface area contributed by atoms with Gasteiger partial charge in [-0.15, -0.1) is 0 Å². The molecule has 0 aliphatic heterocycles. The average Bonchev–Trinajstić information content (AvgIpc) is 3.07. The van der Waals surface area contributed by atoms with E-state index in [4.69, 9.17) is 0 Å². The van der Waals surface area contributed by atoms with Gasteiger partial charge < -0.3 is 38.1 Å². The van der Waals surface area contributed by atoms with Gasteiger partial charge in [-0.25, -0.2) is 0 Å². The van der Waals surface area contributed by atoms with Gasteiger partial charge in [0.25, 0.3) is 0 Å². The van der Waals surface area contributed by atoms with E-state index in [1.54, 1.807) is 31.2 Å². The fourth-order valence-electron chi connectivity index (χ4n) is 2.01. The summed E-state index contributed by atoms with van der Waals surface area (Å²) >= 11 is 1.61. The normalized spacial score (nSPS) is 9.73. The molecule has 0 fully saturated rings. The third-order valence-corrected chi connectivity index (χ3v) is 2.85. The molecule has 0 unspecified atom stereocenters. The fourth-order valence-corrected chi connectivity index (χ4v) is 2.01. The Morgan fingerprint density at radius 1 is 1.23 bits per heavy atom. The van der Waals surface area contributed by atoms with Crippen LogP contribution in [-0.4, -0.2) is 19.3 Å². The number of aromatic nitrogens is 5. The molecule has 3 rings (SSSR count). The van der Waals surface area contributed by atoms with Crippen molar-refractivity contribution in [2.24, 2.45) is 7.05 Å². The van der Waals surface area contributed by atoms with E-state index in [0.29, 0.717) is 0 Å². The predicted octanol–water partition coefficient (Wildman–Crippen LogP) is -1.21. The first-order valence-electron chi connectivity index (χ1n) is 6.13. The van der Waals surface area contributed by atoms with Gasteiger partial charge in [0.15, 0.2) is 0 Å². The molecule has 0 aliphatic carbocycles. The van der Waals surface area contributed by atoms with Crippen LogP contribution in [0, 0.1) is 26.2 Å². The summed E-state index contributed by atoms with van der Waals surface area (Å²) in [5, 5.41) is 4.44. The van der Waals surface area contributed by atoms with Gasteiger partial charge in [-0.2, -0.15) is 11.2 Å². The summed E-state index contributed by atoms with van der Waals surface area (Å²) in [6.07, 6.45) is 10.5. The largest absolute Gasteiger partial charge is 1.00 e. The molecule has 8 heteroatoms. The first kappa shape index (κ1) is 19.3. The zero-order chi connectivity index (χ0) is 15.4. The topological polar surface area (TPSA) is 39.5 Å². The fraction of sp³-hybridized carbons (Fsp3) is 0.214. The number of nitrogens with zero attached hydrogens (tertiary/aromatic N) is 5. The van der Waals surface area contributed by atoms with E-state index >= 15 is 0 Å². The summed E-state index contributed by atoms with van der Waals surface area (Å²) in [4.78, 5) is 4.25. The Bertz CT molecular complexity index is 740. The Morgan fingerprint density at radius 2 is 1.91 bits per heavy atom. The van der Waals surface area contributed by atoms with E-state index in [0.717, 1.165) is 22.8 Å². The van der Waals surface area contributed by atoms with Crippen molar-refractivity contribution in [3.8, 4) is 11.4 Å². The van der Waals surface area contributed by atoms with Crippen molar-refractivity contribution in [1.82, 2.24) is 19.3 Å². The molecule has 0 aliphatic rings. The third kappa shape index (κ3) is 4.40. The van der Waals surface area contributed by atoms with Crippen LogP contribution in [0.5, 0.6) is 0 Å². The molecule has 0 bridgehead atoms. The average molecular weight is 610 g/mol. The summed E-state index contributed by atoms with van der Waals surface area (Å²) in [7, 11) is 6.54. The monoisotopic (exact) mass is 609 g/mol. The molecule has 3 aromatic rings. The van der Waals surface area contributed by atoms with Crippen molar-refractivity contribution in [3.05, 3.63) is 54.6 Å². The summed E-state index contributed by atoms with van der Waals surface area (Å²) in [5.41, 5.74) is 3.71. The molecule has 0 spiro atoms. The van der Waals surface area contributed by atoms with Crippen LogP contribution in [0.3, 0.4) is 0 Å². The number of imidazole rings is 1. The van der Waals surface area contributed by atoms with Crippen molar-refractivity contribution < 1.29 is 47.3 Å². The molecule has 5 nitrogen and oxygen atoms in total. The van der Waals surface area contributed by atoms with Gasteiger partial charge in [-0.05, 0) is 31.3 Å². The van der Waals surface area contributed by atoms with Crippen LogP contribution in [0.1, 0.15) is 11.4 Å². The number of pyridine rings is 1. The molecule has 0 aromatic carbocycles. The van der Waals surface area contributed by atoms with Crippen molar-refractivity contribution in [2.75, 3.05) is 0 Å². The van der Waals surface area contributed by atoms with Gasteiger partial charge in [-0.3, -0.25) is 4.68 Å². The molecule has 0 N–H and O–H groups in total. The second kappa shape index (κ2) is 8.79. The van der Waals surface area contributed by atoms with E-state index < -0.39 is 0 Å². The van der Waals surface area contributed by atoms with Crippen LogP contribution < -0.4 is 28.5 Å². The van der Waals surface area contributed by atoms with Crippen molar-refractivity contribution >= 4 is 9.42 Å². The van der Waals surface area contributed by atoms with Crippen LogP contribution in [0.25, 0.3) is 11.4 Å². The third-order valence-electron chi connectivity index (χ3n) is 2.85. The van der Waals surface area contributed by atoms with Crippen LogP contribution in [0.15, 0.2) is 30.9 Å². The quantitative estimate of drug-likeness (QED) is 0.208. The van der Waals surface area contributed by atoms with Crippen LogP contribution in [0.2, 0.25) is 0 Å². The zero-order valence-electron chi connectivity index (χ0n) is 12.2. The van der Waals surface area contributed by atoms with Crippen molar-refractivity contribution in [1.29, 1.82) is 0 Å². The Balaban J connectivity index is 0.000000775. The van der Waals surface area contributed by atoms with Crippen LogP contribution in [0.4, 0.5) is 0 Å². The first-order valence-corrected chi connectivity index (χ1v) is 8.94. The molecule has 22 heavy (non-hydrogen) atoms. The minimum Gasteiger partial charge on any atom is -1.00 e. The van der Waals surface area contributed by atoms with Gasteiger partial charge in [0, 0.05) is 18.1 Å². The molecule has 3 heterocycles. The molecular weight excluding hydrogens is 596 g/mol. The standard InChI is InChI=1S/C14H14N5.ClH.HI.Pt/c1-11-6-12(2)19(16-11)14-7-13(8-15-9-14)18-5-4-17(3)10-18;;;/h4-6,8-9H,1-3H3;2*1H;/q-1;;;+1/p-2. The smallest absolute Gasteiger partial charge is 1.00 e. The second-order valence-corrected chi connectivity index (χ2v) is 4.52. The molecular formula is C14H14ClIN5Pt-2.